The highest BCUT2D eigenvalue weighted by atomic mass is 79.9. The fourth-order valence-corrected chi connectivity index (χ4v) is 3.48. The maximum absolute atomic E-state index is 12.5. The second kappa shape index (κ2) is 5.88. The van der Waals surface area contributed by atoms with Crippen molar-refractivity contribution in [2.24, 2.45) is 11.8 Å². The monoisotopic (exact) mass is 338 g/mol. The molecule has 2 nitrogen and oxygen atoms in total. The first-order valence-electron chi connectivity index (χ1n) is 7.31. The van der Waals surface area contributed by atoms with Crippen LogP contribution >= 0.6 is 15.9 Å². The van der Waals surface area contributed by atoms with E-state index in [4.69, 9.17) is 4.74 Å². The number of esters is 1. The van der Waals surface area contributed by atoms with Crippen LogP contribution in [0.2, 0.25) is 0 Å². The number of benzene rings is 1. The number of hydrogen-bond acceptors (Lipinski definition) is 2. The van der Waals surface area contributed by atoms with E-state index in [1.807, 2.05) is 18.2 Å². The van der Waals surface area contributed by atoms with Crippen LogP contribution in [0.25, 0.3) is 0 Å². The maximum Gasteiger partial charge on any atom is 0.323 e. The quantitative estimate of drug-likeness (QED) is 0.582. The molecule has 1 aliphatic rings. The Morgan fingerprint density at radius 3 is 2.25 bits per heavy atom. The van der Waals surface area contributed by atoms with Crippen LogP contribution in [0.1, 0.15) is 45.6 Å². The summed E-state index contributed by atoms with van der Waals surface area (Å²) in [6.07, 6.45) is 0.799. The number of halogens is 1. The Morgan fingerprint density at radius 1 is 1.20 bits per heavy atom. The summed E-state index contributed by atoms with van der Waals surface area (Å²) in [5.74, 6) is 0.794. The number of ether oxygens (including phenoxy) is 1. The summed E-state index contributed by atoms with van der Waals surface area (Å²) in [5, 5.41) is 0. The fraction of sp³-hybridized carbons (Fsp3) is 0.588. The number of carbonyl (C=O) groups is 1. The number of carbonyl (C=O) groups excluding carboxylic acids is 1. The largest absolute Gasteiger partial charge is 0.461 e. The summed E-state index contributed by atoms with van der Waals surface area (Å²) in [5.41, 5.74) is 1.20. The number of alkyl halides is 1. The summed E-state index contributed by atoms with van der Waals surface area (Å²) in [6.45, 7) is 8.39. The molecule has 0 aliphatic heterocycles. The summed E-state index contributed by atoms with van der Waals surface area (Å²) < 4.78 is 5.25. The van der Waals surface area contributed by atoms with E-state index >= 15 is 0 Å². The van der Waals surface area contributed by atoms with E-state index in [1.54, 1.807) is 0 Å². The Hall–Kier alpha value is -0.830. The predicted molar refractivity (Wildman–Crippen MR) is 85.0 cm³/mol. The lowest BCUT2D eigenvalue weighted by Crippen LogP contribution is -2.33. The SMILES string of the molecule is CC(C)C(OC(=O)[C@]1(Br)C[C@H]1c1ccccc1)C(C)C. The molecule has 2 atom stereocenters. The minimum Gasteiger partial charge on any atom is -0.461 e. The van der Waals surface area contributed by atoms with Gasteiger partial charge in [-0.2, -0.15) is 0 Å². The van der Waals surface area contributed by atoms with Crippen molar-refractivity contribution in [2.45, 2.75) is 50.5 Å². The van der Waals surface area contributed by atoms with Crippen LogP contribution in [0.4, 0.5) is 0 Å². The van der Waals surface area contributed by atoms with E-state index in [9.17, 15) is 4.79 Å². The molecule has 2 rings (SSSR count). The Balaban J connectivity index is 2.04. The molecule has 1 aliphatic carbocycles. The van der Waals surface area contributed by atoms with Gasteiger partial charge in [-0.05, 0) is 23.8 Å². The maximum atomic E-state index is 12.5. The van der Waals surface area contributed by atoms with E-state index in [2.05, 4.69) is 55.8 Å². The van der Waals surface area contributed by atoms with E-state index in [0.717, 1.165) is 6.42 Å². The molecule has 0 N–H and O–H groups in total. The molecule has 110 valence electrons. The Kier molecular flexibility index (Phi) is 4.58. The third kappa shape index (κ3) is 3.08. The van der Waals surface area contributed by atoms with Gasteiger partial charge in [0, 0.05) is 5.92 Å². The van der Waals surface area contributed by atoms with Crippen LogP contribution < -0.4 is 0 Å². The van der Waals surface area contributed by atoms with E-state index in [0.29, 0.717) is 11.8 Å². The van der Waals surface area contributed by atoms with Crippen LogP contribution in [-0.4, -0.2) is 16.4 Å². The van der Waals surface area contributed by atoms with Crippen molar-refractivity contribution < 1.29 is 9.53 Å². The molecule has 0 radical (unpaired) electrons. The van der Waals surface area contributed by atoms with Gasteiger partial charge in [-0.15, -0.1) is 0 Å². The zero-order chi connectivity index (χ0) is 14.9. The Morgan fingerprint density at radius 2 is 1.75 bits per heavy atom. The van der Waals surface area contributed by atoms with E-state index in [-0.39, 0.29) is 18.0 Å². The lowest BCUT2D eigenvalue weighted by molar-refractivity contribution is -0.154. The molecule has 1 fully saturated rings. The third-order valence-corrected chi connectivity index (χ3v) is 5.19. The predicted octanol–water partition coefficient (Wildman–Crippen LogP) is 4.53. The molecule has 0 aromatic heterocycles. The van der Waals surface area contributed by atoms with Gasteiger partial charge >= 0.3 is 5.97 Å². The highest BCUT2D eigenvalue weighted by Crippen LogP contribution is 2.58. The van der Waals surface area contributed by atoms with Gasteiger partial charge in [0.1, 0.15) is 10.4 Å². The van der Waals surface area contributed by atoms with Crippen molar-refractivity contribution in [3.05, 3.63) is 35.9 Å². The molecule has 0 bridgehead atoms. The van der Waals surface area contributed by atoms with Crippen molar-refractivity contribution in [2.75, 3.05) is 0 Å². The van der Waals surface area contributed by atoms with Gasteiger partial charge in [0.15, 0.2) is 0 Å². The number of rotatable bonds is 5. The first kappa shape index (κ1) is 15.6. The summed E-state index contributed by atoms with van der Waals surface area (Å²) in [6, 6.07) is 10.2. The van der Waals surface area contributed by atoms with Gasteiger partial charge in [-0.25, -0.2) is 0 Å². The van der Waals surface area contributed by atoms with Crippen LogP contribution in [-0.2, 0) is 9.53 Å². The van der Waals surface area contributed by atoms with Gasteiger partial charge in [0.2, 0.25) is 0 Å². The average molecular weight is 339 g/mol. The third-order valence-electron chi connectivity index (χ3n) is 3.99. The van der Waals surface area contributed by atoms with Crippen molar-refractivity contribution in [3.8, 4) is 0 Å². The molecule has 1 saturated carbocycles. The molecular formula is C17H23BrO2. The van der Waals surface area contributed by atoms with Crippen LogP contribution in [0.5, 0.6) is 0 Å². The summed E-state index contributed by atoms with van der Waals surface area (Å²) in [7, 11) is 0. The van der Waals surface area contributed by atoms with Gasteiger partial charge in [0.05, 0.1) is 0 Å². The zero-order valence-corrected chi connectivity index (χ0v) is 14.2. The van der Waals surface area contributed by atoms with Gasteiger partial charge < -0.3 is 4.74 Å². The normalized spacial score (nSPS) is 25.3. The van der Waals surface area contributed by atoms with E-state index in [1.165, 1.54) is 5.56 Å². The lowest BCUT2D eigenvalue weighted by atomic mass is 9.96. The standard InChI is InChI=1S/C17H23BrO2/c1-11(2)15(12(3)4)20-16(19)17(18)10-14(17)13-8-6-5-7-9-13/h5-9,11-12,14-15H,10H2,1-4H3/t14-,17-/m0/s1. The second-order valence-electron chi connectivity index (χ2n) is 6.39. The smallest absolute Gasteiger partial charge is 0.323 e. The molecule has 0 saturated heterocycles. The van der Waals surface area contributed by atoms with Gasteiger partial charge in [-0.1, -0.05) is 74.0 Å². The molecule has 1 aromatic carbocycles. The molecule has 0 amide bonds. The average Bonchev–Trinajstić information content (AvgIpc) is 3.10. The van der Waals surface area contributed by atoms with Crippen LogP contribution in [0, 0.1) is 11.8 Å². The topological polar surface area (TPSA) is 26.3 Å². The van der Waals surface area contributed by atoms with Crippen molar-refractivity contribution in [1.82, 2.24) is 0 Å². The Labute approximate surface area is 130 Å². The molecule has 20 heavy (non-hydrogen) atoms. The second-order valence-corrected chi connectivity index (χ2v) is 7.80. The van der Waals surface area contributed by atoms with Crippen molar-refractivity contribution >= 4 is 21.9 Å². The molecule has 0 heterocycles. The van der Waals surface area contributed by atoms with Crippen LogP contribution in [0.3, 0.4) is 0 Å². The first-order valence-corrected chi connectivity index (χ1v) is 8.10. The molecule has 0 spiro atoms. The van der Waals surface area contributed by atoms with Crippen LogP contribution in [0.15, 0.2) is 30.3 Å². The number of hydrogen-bond donors (Lipinski definition) is 0. The molecular weight excluding hydrogens is 316 g/mol. The fourth-order valence-electron chi connectivity index (χ4n) is 2.79. The van der Waals surface area contributed by atoms with Crippen molar-refractivity contribution in [1.29, 1.82) is 0 Å². The highest BCUT2D eigenvalue weighted by Gasteiger charge is 2.60. The highest BCUT2D eigenvalue weighted by molar-refractivity contribution is 9.10. The lowest BCUT2D eigenvalue weighted by Gasteiger charge is -2.26. The van der Waals surface area contributed by atoms with Gasteiger partial charge in [0.25, 0.3) is 0 Å². The minimum absolute atomic E-state index is 0.0195. The van der Waals surface area contributed by atoms with E-state index < -0.39 is 4.32 Å². The summed E-state index contributed by atoms with van der Waals surface area (Å²) >= 11 is 3.61. The molecule has 3 heteroatoms. The first-order chi connectivity index (χ1) is 9.36. The molecule has 0 unspecified atom stereocenters. The summed E-state index contributed by atoms with van der Waals surface area (Å²) in [4.78, 5) is 12.5. The molecule has 1 aromatic rings. The Bertz CT molecular complexity index is 461. The van der Waals surface area contributed by atoms with Crippen molar-refractivity contribution in [3.63, 3.8) is 0 Å². The minimum atomic E-state index is -0.517. The van der Waals surface area contributed by atoms with Gasteiger partial charge in [-0.3, -0.25) is 4.79 Å². The zero-order valence-electron chi connectivity index (χ0n) is 12.6.